The number of rotatable bonds is 6. The van der Waals surface area contributed by atoms with Gasteiger partial charge in [0.25, 0.3) is 0 Å². The van der Waals surface area contributed by atoms with Gasteiger partial charge >= 0.3 is 0 Å². The molecule has 0 spiro atoms. The number of allylic oxidation sites excluding steroid dienone is 1. The molecule has 1 amide bonds. The van der Waals surface area contributed by atoms with Crippen molar-refractivity contribution in [2.45, 2.75) is 12.8 Å². The van der Waals surface area contributed by atoms with Crippen LogP contribution in [0, 0.1) is 5.41 Å². The second-order valence-electron chi connectivity index (χ2n) is 7.27. The molecule has 2 aromatic carbocycles. The summed E-state index contributed by atoms with van der Waals surface area (Å²) < 4.78 is 5.31. The molecular weight excluding hydrogens is 380 g/mol. The highest BCUT2D eigenvalue weighted by atomic mass is 16.5. The Morgan fingerprint density at radius 2 is 1.93 bits per heavy atom. The summed E-state index contributed by atoms with van der Waals surface area (Å²) in [5, 5.41) is 10.3. The predicted molar refractivity (Wildman–Crippen MR) is 117 cm³/mol. The number of carbonyl (C=O) groups is 1. The lowest BCUT2D eigenvalue weighted by Crippen LogP contribution is -2.40. The fourth-order valence-electron chi connectivity index (χ4n) is 3.53. The number of aryl methyl sites for hydroxylation is 1. The third-order valence-corrected chi connectivity index (χ3v) is 5.25. The van der Waals surface area contributed by atoms with Crippen LogP contribution in [0.25, 0.3) is 0 Å². The Morgan fingerprint density at radius 3 is 2.73 bits per heavy atom. The Bertz CT molecular complexity index is 968. The highest BCUT2D eigenvalue weighted by Gasteiger charge is 2.20. The number of nitrogens with zero attached hydrogens (tertiary/aromatic N) is 2. The first-order valence-electron chi connectivity index (χ1n) is 10.0. The second-order valence-corrected chi connectivity index (χ2v) is 7.27. The molecule has 2 heterocycles. The number of morpholine rings is 1. The van der Waals surface area contributed by atoms with Crippen LogP contribution in [0.15, 0.2) is 60.4 Å². The molecule has 0 aliphatic carbocycles. The molecule has 4 rings (SSSR count). The van der Waals surface area contributed by atoms with E-state index in [1.54, 1.807) is 6.07 Å². The fraction of sp³-hybridized carbons (Fsp3) is 0.273. The number of amides is 1. The predicted octanol–water partition coefficient (Wildman–Crippen LogP) is 1.80. The molecule has 2 aromatic rings. The molecular formula is C22H26N6O2. The molecule has 0 aromatic heterocycles. The largest absolute Gasteiger partial charge is 0.398 e. The maximum Gasteiger partial charge on any atom is 0.223 e. The zero-order valence-electron chi connectivity index (χ0n) is 16.7. The molecule has 1 saturated heterocycles. The first kappa shape index (κ1) is 19.9. The summed E-state index contributed by atoms with van der Waals surface area (Å²) in [7, 11) is 0. The van der Waals surface area contributed by atoms with E-state index in [4.69, 9.17) is 15.9 Å². The first-order chi connectivity index (χ1) is 14.6. The number of nitrogens with two attached hydrogens (primary N) is 1. The third-order valence-electron chi connectivity index (χ3n) is 5.25. The molecule has 8 heteroatoms. The standard InChI is InChI=1S/C22H26N6O2/c23-19-7-2-1-6-18(19)22(24)20-15-28(26-25-20)17-5-3-4-16(14-17)8-9-21(29)27-10-12-30-13-11-27/h1-7,14-15,24-26H,8-13,23H2. The van der Waals surface area contributed by atoms with Crippen molar-refractivity contribution < 1.29 is 9.53 Å². The average Bonchev–Trinajstić information content (AvgIpc) is 3.28. The third kappa shape index (κ3) is 4.45. The van der Waals surface area contributed by atoms with Crippen LogP contribution in [0.1, 0.15) is 17.5 Å². The van der Waals surface area contributed by atoms with Crippen LogP contribution < -0.4 is 21.7 Å². The fourth-order valence-corrected chi connectivity index (χ4v) is 3.53. The number of ether oxygens (including phenoxy) is 1. The molecule has 0 atom stereocenters. The number of carbonyl (C=O) groups excluding carboxylic acids is 1. The van der Waals surface area contributed by atoms with Gasteiger partial charge in [-0.3, -0.25) is 20.6 Å². The Morgan fingerprint density at radius 1 is 1.13 bits per heavy atom. The normalized spacial score (nSPS) is 16.2. The van der Waals surface area contributed by atoms with Crippen LogP contribution in [0.5, 0.6) is 0 Å². The molecule has 5 N–H and O–H groups in total. The van der Waals surface area contributed by atoms with Gasteiger partial charge in [0.1, 0.15) is 0 Å². The van der Waals surface area contributed by atoms with Gasteiger partial charge < -0.3 is 15.4 Å². The number of anilines is 2. The van der Waals surface area contributed by atoms with E-state index < -0.39 is 0 Å². The van der Waals surface area contributed by atoms with Crippen molar-refractivity contribution in [2.75, 3.05) is 37.0 Å². The maximum atomic E-state index is 12.4. The van der Waals surface area contributed by atoms with Crippen LogP contribution in [0.2, 0.25) is 0 Å². The van der Waals surface area contributed by atoms with Crippen LogP contribution in [0.3, 0.4) is 0 Å². The number of benzene rings is 2. The Labute approximate surface area is 175 Å². The molecule has 156 valence electrons. The molecule has 2 aliphatic heterocycles. The summed E-state index contributed by atoms with van der Waals surface area (Å²) in [5.41, 5.74) is 16.3. The SMILES string of the molecule is N=C(C1=CN(c2cccc(CCC(=O)N3CCOCC3)c2)NN1)c1ccccc1N. The zero-order chi connectivity index (χ0) is 20.9. The average molecular weight is 406 g/mol. The van der Waals surface area contributed by atoms with Crippen molar-refractivity contribution in [3.63, 3.8) is 0 Å². The highest BCUT2D eigenvalue weighted by Crippen LogP contribution is 2.21. The summed E-state index contributed by atoms with van der Waals surface area (Å²) in [5.74, 6) is 0.167. The minimum Gasteiger partial charge on any atom is -0.398 e. The molecule has 0 saturated carbocycles. The van der Waals surface area contributed by atoms with Crippen molar-refractivity contribution in [1.29, 1.82) is 5.41 Å². The van der Waals surface area contributed by atoms with E-state index in [-0.39, 0.29) is 5.91 Å². The number of hydrazine groups is 2. The van der Waals surface area contributed by atoms with Gasteiger partial charge in [-0.1, -0.05) is 30.3 Å². The Hall–Kier alpha value is -3.36. The van der Waals surface area contributed by atoms with Crippen LogP contribution >= 0.6 is 0 Å². The quantitative estimate of drug-likeness (QED) is 0.431. The number of hydrogen-bond acceptors (Lipinski definition) is 7. The van der Waals surface area contributed by atoms with Crippen molar-refractivity contribution >= 4 is 23.0 Å². The number of para-hydroxylation sites is 1. The van der Waals surface area contributed by atoms with Gasteiger partial charge in [0.15, 0.2) is 0 Å². The number of nitrogens with one attached hydrogen (secondary N) is 3. The Balaban J connectivity index is 1.40. The van der Waals surface area contributed by atoms with Crippen LogP contribution in [-0.2, 0) is 16.0 Å². The monoisotopic (exact) mass is 406 g/mol. The van der Waals surface area contributed by atoms with E-state index in [1.165, 1.54) is 0 Å². The minimum absolute atomic E-state index is 0.167. The van der Waals surface area contributed by atoms with Gasteiger partial charge in [0.2, 0.25) is 5.91 Å². The summed E-state index contributed by atoms with van der Waals surface area (Å²) >= 11 is 0. The van der Waals surface area contributed by atoms with Crippen molar-refractivity contribution in [1.82, 2.24) is 15.9 Å². The summed E-state index contributed by atoms with van der Waals surface area (Å²) in [6, 6.07) is 15.3. The van der Waals surface area contributed by atoms with Gasteiger partial charge in [0.05, 0.1) is 36.5 Å². The van der Waals surface area contributed by atoms with E-state index in [0.717, 1.165) is 11.3 Å². The lowest BCUT2D eigenvalue weighted by molar-refractivity contribution is -0.135. The van der Waals surface area contributed by atoms with E-state index in [0.29, 0.717) is 61.8 Å². The van der Waals surface area contributed by atoms with Crippen molar-refractivity contribution in [3.05, 3.63) is 71.6 Å². The topological polar surface area (TPSA) is 107 Å². The first-order valence-corrected chi connectivity index (χ1v) is 10.0. The number of hydrogen-bond donors (Lipinski definition) is 4. The molecule has 8 nitrogen and oxygen atoms in total. The van der Waals surface area contributed by atoms with E-state index >= 15 is 0 Å². The molecule has 0 bridgehead atoms. The lowest BCUT2D eigenvalue weighted by atomic mass is 10.1. The van der Waals surface area contributed by atoms with Gasteiger partial charge in [0, 0.05) is 30.8 Å². The highest BCUT2D eigenvalue weighted by molar-refractivity contribution is 6.13. The van der Waals surface area contributed by atoms with Gasteiger partial charge in [-0.15, -0.1) is 5.53 Å². The zero-order valence-corrected chi connectivity index (χ0v) is 16.7. The van der Waals surface area contributed by atoms with E-state index in [2.05, 4.69) is 11.0 Å². The van der Waals surface area contributed by atoms with Crippen LogP contribution in [0.4, 0.5) is 11.4 Å². The molecule has 30 heavy (non-hydrogen) atoms. The second kappa shape index (κ2) is 8.98. The summed E-state index contributed by atoms with van der Waals surface area (Å²) in [4.78, 5) is 14.3. The van der Waals surface area contributed by atoms with Crippen molar-refractivity contribution in [2.24, 2.45) is 0 Å². The summed E-state index contributed by atoms with van der Waals surface area (Å²) in [6.45, 7) is 2.59. The molecule has 0 unspecified atom stereocenters. The van der Waals surface area contributed by atoms with Crippen molar-refractivity contribution in [3.8, 4) is 0 Å². The lowest BCUT2D eigenvalue weighted by Gasteiger charge is -2.26. The van der Waals surface area contributed by atoms with E-state index in [1.807, 2.05) is 58.6 Å². The maximum absolute atomic E-state index is 12.4. The number of nitrogen functional groups attached to an aromatic ring is 1. The molecule has 1 fully saturated rings. The van der Waals surface area contributed by atoms with E-state index in [9.17, 15) is 4.79 Å². The molecule has 2 aliphatic rings. The van der Waals surface area contributed by atoms with Gasteiger partial charge in [-0.2, -0.15) is 0 Å². The van der Waals surface area contributed by atoms with Crippen LogP contribution in [-0.4, -0.2) is 42.8 Å². The summed E-state index contributed by atoms with van der Waals surface area (Å²) in [6.07, 6.45) is 2.99. The Kier molecular flexibility index (Phi) is 5.97. The molecule has 0 radical (unpaired) electrons. The van der Waals surface area contributed by atoms with Gasteiger partial charge in [-0.05, 0) is 30.2 Å². The van der Waals surface area contributed by atoms with Gasteiger partial charge in [-0.25, -0.2) is 0 Å². The minimum atomic E-state index is 0.167. The smallest absolute Gasteiger partial charge is 0.223 e.